The largest absolute Gasteiger partial charge is 0.449 e. The van der Waals surface area contributed by atoms with E-state index in [2.05, 4.69) is 29.6 Å². The van der Waals surface area contributed by atoms with E-state index in [1.165, 1.54) is 22.3 Å². The number of rotatable bonds is 7. The van der Waals surface area contributed by atoms with Crippen LogP contribution in [0.4, 0.5) is 10.5 Å². The number of fused-ring (bicyclic) bond motifs is 3. The molecule has 4 rings (SSSR count). The van der Waals surface area contributed by atoms with Crippen LogP contribution in [-0.4, -0.2) is 38.5 Å². The van der Waals surface area contributed by atoms with E-state index in [-0.39, 0.29) is 25.2 Å². The number of carbonyl (C=O) groups is 1. The third-order valence-corrected chi connectivity index (χ3v) is 5.87. The Kier molecular flexibility index (Phi) is 6.23. The molecule has 5 heteroatoms. The topological polar surface area (TPSA) is 61.8 Å². The molecule has 2 N–H and O–H groups in total. The number of carbonyl (C=O) groups excluding carboxylic acids is 1. The van der Waals surface area contributed by atoms with Crippen molar-refractivity contribution < 1.29 is 14.6 Å². The molecule has 0 bridgehead atoms. The summed E-state index contributed by atoms with van der Waals surface area (Å²) in [6.45, 7) is 0.245. The molecular formula is C26H28N2O3. The van der Waals surface area contributed by atoms with Crippen LogP contribution in [0.5, 0.6) is 0 Å². The van der Waals surface area contributed by atoms with Gasteiger partial charge in [-0.1, -0.05) is 60.7 Å². The van der Waals surface area contributed by atoms with Crippen molar-refractivity contribution in [3.8, 4) is 11.1 Å². The molecule has 1 aliphatic carbocycles. The van der Waals surface area contributed by atoms with Crippen LogP contribution in [0.15, 0.2) is 72.8 Å². The molecule has 0 saturated heterocycles. The van der Waals surface area contributed by atoms with E-state index in [1.807, 2.05) is 67.5 Å². The minimum Gasteiger partial charge on any atom is -0.449 e. The van der Waals surface area contributed by atoms with E-state index in [9.17, 15) is 9.90 Å². The Morgan fingerprint density at radius 3 is 2.10 bits per heavy atom. The van der Waals surface area contributed by atoms with Crippen LogP contribution in [-0.2, 0) is 4.74 Å². The first-order chi connectivity index (χ1) is 15.1. The first kappa shape index (κ1) is 20.9. The van der Waals surface area contributed by atoms with E-state index >= 15 is 0 Å². The van der Waals surface area contributed by atoms with Crippen molar-refractivity contribution in [1.29, 1.82) is 0 Å². The fraction of sp³-hybridized carbons (Fsp3) is 0.269. The number of ether oxygens (including phenoxy) is 1. The maximum absolute atomic E-state index is 12.6. The smallest absolute Gasteiger partial charge is 0.407 e. The Morgan fingerprint density at radius 2 is 1.55 bits per heavy atom. The normalized spacial score (nSPS) is 13.3. The zero-order valence-corrected chi connectivity index (χ0v) is 17.9. The van der Waals surface area contributed by atoms with Crippen LogP contribution < -0.4 is 10.2 Å². The number of hydrogen-bond donors (Lipinski definition) is 2. The van der Waals surface area contributed by atoms with Gasteiger partial charge in [0.15, 0.2) is 0 Å². The van der Waals surface area contributed by atoms with E-state index in [0.717, 1.165) is 11.3 Å². The van der Waals surface area contributed by atoms with Crippen LogP contribution in [0.3, 0.4) is 0 Å². The van der Waals surface area contributed by atoms with Crippen molar-refractivity contribution >= 4 is 11.8 Å². The minimum absolute atomic E-state index is 0.0221. The molecule has 1 unspecified atom stereocenters. The molecule has 0 spiro atoms. The Labute approximate surface area is 183 Å². The zero-order chi connectivity index (χ0) is 21.8. The first-order valence-corrected chi connectivity index (χ1v) is 10.6. The second kappa shape index (κ2) is 9.23. The number of aliphatic hydroxyl groups excluding tert-OH is 1. The summed E-state index contributed by atoms with van der Waals surface area (Å²) < 4.78 is 5.66. The van der Waals surface area contributed by atoms with Gasteiger partial charge in [-0.3, -0.25) is 0 Å². The van der Waals surface area contributed by atoms with Gasteiger partial charge < -0.3 is 20.1 Å². The van der Waals surface area contributed by atoms with Crippen LogP contribution in [0.25, 0.3) is 11.1 Å². The van der Waals surface area contributed by atoms with Crippen LogP contribution in [0, 0.1) is 0 Å². The summed E-state index contributed by atoms with van der Waals surface area (Å²) in [4.78, 5) is 14.7. The van der Waals surface area contributed by atoms with Gasteiger partial charge in [0.1, 0.15) is 6.61 Å². The van der Waals surface area contributed by atoms with E-state index in [1.54, 1.807) is 0 Å². The summed E-state index contributed by atoms with van der Waals surface area (Å²) in [5, 5.41) is 12.4. The van der Waals surface area contributed by atoms with Crippen molar-refractivity contribution in [2.24, 2.45) is 0 Å². The summed E-state index contributed by atoms with van der Waals surface area (Å²) in [5.41, 5.74) is 6.78. The number of benzene rings is 3. The van der Waals surface area contributed by atoms with Gasteiger partial charge in [-0.2, -0.15) is 0 Å². The molecule has 0 saturated carbocycles. The molecule has 0 fully saturated rings. The number of hydrogen-bond acceptors (Lipinski definition) is 4. The van der Waals surface area contributed by atoms with Gasteiger partial charge >= 0.3 is 6.09 Å². The van der Waals surface area contributed by atoms with Gasteiger partial charge in [-0.05, 0) is 46.4 Å². The lowest BCUT2D eigenvalue weighted by molar-refractivity contribution is 0.136. The van der Waals surface area contributed by atoms with Gasteiger partial charge in [0, 0.05) is 32.3 Å². The van der Waals surface area contributed by atoms with Crippen molar-refractivity contribution in [3.63, 3.8) is 0 Å². The molecule has 0 aromatic heterocycles. The summed E-state index contributed by atoms with van der Waals surface area (Å²) >= 11 is 0. The molecule has 5 nitrogen and oxygen atoms in total. The van der Waals surface area contributed by atoms with Crippen LogP contribution >= 0.6 is 0 Å². The van der Waals surface area contributed by atoms with E-state index in [0.29, 0.717) is 6.42 Å². The highest BCUT2D eigenvalue weighted by Crippen LogP contribution is 2.44. The minimum atomic E-state index is -0.475. The number of alkyl carbamates (subject to hydrolysis) is 1. The van der Waals surface area contributed by atoms with Crippen molar-refractivity contribution in [3.05, 3.63) is 89.5 Å². The second-order valence-corrected chi connectivity index (χ2v) is 8.02. The number of anilines is 1. The Morgan fingerprint density at radius 1 is 0.968 bits per heavy atom. The fourth-order valence-electron chi connectivity index (χ4n) is 4.24. The third kappa shape index (κ3) is 4.42. The van der Waals surface area contributed by atoms with Gasteiger partial charge in [-0.25, -0.2) is 4.79 Å². The summed E-state index contributed by atoms with van der Waals surface area (Å²) in [5.74, 6) is 0.0221. The summed E-state index contributed by atoms with van der Waals surface area (Å²) in [6, 6.07) is 24.2. The molecule has 3 aromatic carbocycles. The van der Waals surface area contributed by atoms with Crippen LogP contribution in [0.2, 0.25) is 0 Å². The predicted molar refractivity (Wildman–Crippen MR) is 123 cm³/mol. The molecule has 1 amide bonds. The van der Waals surface area contributed by atoms with E-state index < -0.39 is 6.09 Å². The zero-order valence-electron chi connectivity index (χ0n) is 17.9. The van der Waals surface area contributed by atoms with Gasteiger partial charge in [0.25, 0.3) is 0 Å². The molecular weight excluding hydrogens is 388 g/mol. The van der Waals surface area contributed by atoms with Gasteiger partial charge in [0.05, 0.1) is 6.04 Å². The monoisotopic (exact) mass is 416 g/mol. The maximum atomic E-state index is 12.6. The molecule has 0 radical (unpaired) electrons. The second-order valence-electron chi connectivity index (χ2n) is 8.02. The average molecular weight is 417 g/mol. The lowest BCUT2D eigenvalue weighted by atomic mass is 9.98. The highest BCUT2D eigenvalue weighted by atomic mass is 16.5. The number of nitrogens with zero attached hydrogens (tertiary/aromatic N) is 1. The van der Waals surface area contributed by atoms with Gasteiger partial charge in [0.2, 0.25) is 0 Å². The number of amides is 1. The van der Waals surface area contributed by atoms with Crippen molar-refractivity contribution in [2.45, 2.75) is 18.4 Å². The molecule has 1 aliphatic rings. The Balaban J connectivity index is 1.44. The highest BCUT2D eigenvalue weighted by Gasteiger charge is 2.29. The highest BCUT2D eigenvalue weighted by molar-refractivity contribution is 5.79. The maximum Gasteiger partial charge on any atom is 0.407 e. The SMILES string of the molecule is CN(C)c1ccc(C(CCO)NC(=O)OCC2c3ccccc3-c3ccccc32)cc1. The number of aliphatic hydroxyl groups is 1. The molecule has 160 valence electrons. The quantitative estimate of drug-likeness (QED) is 0.585. The standard InChI is InChI=1S/C26H28N2O3/c1-28(2)19-13-11-18(12-14-19)25(15-16-29)27-26(30)31-17-24-22-9-5-3-7-20(22)21-8-4-6-10-23(21)24/h3-14,24-25,29H,15-17H2,1-2H3,(H,27,30). The lowest BCUT2D eigenvalue weighted by Gasteiger charge is -2.21. The van der Waals surface area contributed by atoms with Crippen molar-refractivity contribution in [1.82, 2.24) is 5.32 Å². The van der Waals surface area contributed by atoms with E-state index in [4.69, 9.17) is 4.74 Å². The average Bonchev–Trinajstić information content (AvgIpc) is 3.11. The van der Waals surface area contributed by atoms with Crippen molar-refractivity contribution in [2.75, 3.05) is 32.2 Å². The Bertz CT molecular complexity index is 1000. The molecule has 1 atom stereocenters. The summed E-state index contributed by atoms with van der Waals surface area (Å²) in [6.07, 6.45) is -0.0529. The first-order valence-electron chi connectivity index (χ1n) is 10.6. The molecule has 0 aliphatic heterocycles. The summed E-state index contributed by atoms with van der Waals surface area (Å²) in [7, 11) is 3.96. The molecule has 0 heterocycles. The van der Waals surface area contributed by atoms with Crippen LogP contribution in [0.1, 0.15) is 35.1 Å². The van der Waals surface area contributed by atoms with Gasteiger partial charge in [-0.15, -0.1) is 0 Å². The molecule has 3 aromatic rings. The Hall–Kier alpha value is -3.31. The third-order valence-electron chi connectivity index (χ3n) is 5.87. The fourth-order valence-corrected chi connectivity index (χ4v) is 4.24. The molecule has 31 heavy (non-hydrogen) atoms. The number of nitrogens with one attached hydrogen (secondary N) is 1. The lowest BCUT2D eigenvalue weighted by Crippen LogP contribution is -2.31. The predicted octanol–water partition coefficient (Wildman–Crippen LogP) is 4.71.